The fourth-order valence-electron chi connectivity index (χ4n) is 2.87. The number of carboxylic acid groups (broad SMARTS) is 1. The lowest BCUT2D eigenvalue weighted by Crippen LogP contribution is -2.45. The van der Waals surface area contributed by atoms with Crippen molar-refractivity contribution in [1.82, 2.24) is 4.90 Å². The lowest BCUT2D eigenvalue weighted by Gasteiger charge is -2.32. The summed E-state index contributed by atoms with van der Waals surface area (Å²) in [6.45, 7) is 4.11. The van der Waals surface area contributed by atoms with Crippen molar-refractivity contribution < 1.29 is 18.3 Å². The smallest absolute Gasteiger partial charge is 0.317 e. The van der Waals surface area contributed by atoms with Gasteiger partial charge in [-0.2, -0.15) is 0 Å². The molecular weight excluding hydrogens is 278 g/mol. The summed E-state index contributed by atoms with van der Waals surface area (Å²) in [5.74, 6) is -0.578. The number of sulfone groups is 1. The maximum absolute atomic E-state index is 11.6. The summed E-state index contributed by atoms with van der Waals surface area (Å²) in [5.41, 5.74) is 0. The van der Waals surface area contributed by atoms with E-state index in [0.717, 1.165) is 19.3 Å². The van der Waals surface area contributed by atoms with Crippen LogP contribution in [0.3, 0.4) is 0 Å². The SMILES string of the molecule is CCCCCCC(C)N(CC(=O)O)C1CCS(=O)(=O)C1. The van der Waals surface area contributed by atoms with Gasteiger partial charge in [-0.05, 0) is 19.8 Å². The van der Waals surface area contributed by atoms with Gasteiger partial charge in [0.05, 0.1) is 18.1 Å². The number of carboxylic acids is 1. The Hall–Kier alpha value is -0.620. The van der Waals surface area contributed by atoms with Gasteiger partial charge in [0.2, 0.25) is 0 Å². The van der Waals surface area contributed by atoms with Gasteiger partial charge in [0.25, 0.3) is 0 Å². The average Bonchev–Trinajstić information content (AvgIpc) is 2.71. The molecule has 118 valence electrons. The first-order valence-electron chi connectivity index (χ1n) is 7.53. The molecule has 20 heavy (non-hydrogen) atoms. The highest BCUT2D eigenvalue weighted by Crippen LogP contribution is 2.22. The number of unbranched alkanes of at least 4 members (excludes halogenated alkanes) is 3. The molecule has 0 aromatic rings. The van der Waals surface area contributed by atoms with Gasteiger partial charge >= 0.3 is 5.97 Å². The van der Waals surface area contributed by atoms with Crippen LogP contribution in [-0.2, 0) is 14.6 Å². The Bertz CT molecular complexity index is 407. The minimum Gasteiger partial charge on any atom is -0.480 e. The van der Waals surface area contributed by atoms with Gasteiger partial charge in [0.15, 0.2) is 9.84 Å². The molecule has 1 rings (SSSR count). The molecule has 0 aromatic heterocycles. The molecular formula is C14H27NO4S. The average molecular weight is 305 g/mol. The van der Waals surface area contributed by atoms with Gasteiger partial charge < -0.3 is 5.11 Å². The fraction of sp³-hybridized carbons (Fsp3) is 0.929. The normalized spacial score (nSPS) is 23.1. The Balaban J connectivity index is 2.57. The molecule has 0 aromatic carbocycles. The van der Waals surface area contributed by atoms with E-state index in [2.05, 4.69) is 6.92 Å². The number of rotatable bonds is 9. The van der Waals surface area contributed by atoms with Gasteiger partial charge in [-0.25, -0.2) is 8.42 Å². The first kappa shape index (κ1) is 17.4. The molecule has 0 bridgehead atoms. The Morgan fingerprint density at radius 1 is 1.35 bits per heavy atom. The quantitative estimate of drug-likeness (QED) is 0.659. The summed E-state index contributed by atoms with van der Waals surface area (Å²) in [4.78, 5) is 12.9. The molecule has 1 heterocycles. The molecule has 0 spiro atoms. The molecule has 5 nitrogen and oxygen atoms in total. The van der Waals surface area contributed by atoms with E-state index in [9.17, 15) is 13.2 Å². The molecule has 0 amide bonds. The van der Waals surface area contributed by atoms with Crippen molar-refractivity contribution in [1.29, 1.82) is 0 Å². The molecule has 0 aliphatic carbocycles. The zero-order valence-electron chi connectivity index (χ0n) is 12.5. The Kier molecular flexibility index (Phi) is 6.95. The molecule has 1 saturated heterocycles. The summed E-state index contributed by atoms with van der Waals surface area (Å²) in [7, 11) is -2.97. The summed E-state index contributed by atoms with van der Waals surface area (Å²) in [6.07, 6.45) is 6.10. The number of aliphatic carboxylic acids is 1. The van der Waals surface area contributed by atoms with Gasteiger partial charge in [-0.15, -0.1) is 0 Å². The van der Waals surface area contributed by atoms with E-state index in [0.29, 0.717) is 6.42 Å². The third-order valence-corrected chi connectivity index (χ3v) is 5.79. The highest BCUT2D eigenvalue weighted by molar-refractivity contribution is 7.91. The lowest BCUT2D eigenvalue weighted by atomic mass is 10.0. The third kappa shape index (κ3) is 5.79. The van der Waals surface area contributed by atoms with Crippen LogP contribution in [-0.4, -0.2) is 54.5 Å². The number of hydrogen-bond acceptors (Lipinski definition) is 4. The van der Waals surface area contributed by atoms with Crippen molar-refractivity contribution in [2.45, 2.75) is 64.5 Å². The van der Waals surface area contributed by atoms with Crippen LogP contribution in [0.15, 0.2) is 0 Å². The summed E-state index contributed by atoms with van der Waals surface area (Å²) in [5, 5.41) is 9.04. The first-order valence-corrected chi connectivity index (χ1v) is 9.36. The van der Waals surface area contributed by atoms with Crippen LogP contribution < -0.4 is 0 Å². The Labute approximate surface area is 122 Å². The number of hydrogen-bond donors (Lipinski definition) is 1. The van der Waals surface area contributed by atoms with Crippen molar-refractivity contribution in [3.63, 3.8) is 0 Å². The van der Waals surface area contributed by atoms with Crippen LogP contribution in [0, 0.1) is 0 Å². The zero-order chi connectivity index (χ0) is 15.2. The number of nitrogens with zero attached hydrogens (tertiary/aromatic N) is 1. The third-order valence-electron chi connectivity index (χ3n) is 4.04. The second-order valence-corrected chi connectivity index (χ2v) is 8.05. The predicted octanol–water partition coefficient (Wildman–Crippen LogP) is 1.92. The zero-order valence-corrected chi connectivity index (χ0v) is 13.4. The Morgan fingerprint density at radius 3 is 2.55 bits per heavy atom. The standard InChI is InChI=1S/C14H27NO4S/c1-3-4-5-6-7-12(2)15(10-14(16)17)13-8-9-20(18,19)11-13/h12-13H,3-11H2,1-2H3,(H,16,17). The maximum Gasteiger partial charge on any atom is 0.317 e. The summed E-state index contributed by atoms with van der Waals surface area (Å²) < 4.78 is 23.2. The van der Waals surface area contributed by atoms with E-state index in [1.807, 2.05) is 11.8 Å². The van der Waals surface area contributed by atoms with E-state index in [-0.39, 0.29) is 30.1 Å². The van der Waals surface area contributed by atoms with E-state index in [1.54, 1.807) is 0 Å². The van der Waals surface area contributed by atoms with E-state index >= 15 is 0 Å². The van der Waals surface area contributed by atoms with Gasteiger partial charge in [0, 0.05) is 12.1 Å². The Morgan fingerprint density at radius 2 is 2.05 bits per heavy atom. The minimum absolute atomic E-state index is 0.0604. The van der Waals surface area contributed by atoms with Crippen molar-refractivity contribution in [2.75, 3.05) is 18.1 Å². The van der Waals surface area contributed by atoms with Crippen LogP contribution in [0.2, 0.25) is 0 Å². The van der Waals surface area contributed by atoms with Crippen molar-refractivity contribution in [3.8, 4) is 0 Å². The van der Waals surface area contributed by atoms with Crippen molar-refractivity contribution >= 4 is 15.8 Å². The topological polar surface area (TPSA) is 74.7 Å². The molecule has 0 radical (unpaired) electrons. The highest BCUT2D eigenvalue weighted by Gasteiger charge is 2.34. The molecule has 0 saturated carbocycles. The number of carbonyl (C=O) groups is 1. The van der Waals surface area contributed by atoms with Gasteiger partial charge in [-0.3, -0.25) is 9.69 Å². The van der Waals surface area contributed by atoms with Crippen LogP contribution in [0.1, 0.15) is 52.4 Å². The summed E-state index contributed by atoms with van der Waals surface area (Å²) >= 11 is 0. The van der Waals surface area contributed by atoms with E-state index in [1.165, 1.54) is 12.8 Å². The van der Waals surface area contributed by atoms with Gasteiger partial charge in [0.1, 0.15) is 0 Å². The summed E-state index contributed by atoms with van der Waals surface area (Å²) in [6, 6.07) is -0.00136. The second-order valence-electron chi connectivity index (χ2n) is 5.82. The van der Waals surface area contributed by atoms with Crippen molar-refractivity contribution in [3.05, 3.63) is 0 Å². The molecule has 1 N–H and O–H groups in total. The molecule has 1 aliphatic heterocycles. The van der Waals surface area contributed by atoms with E-state index in [4.69, 9.17) is 5.11 Å². The molecule has 1 fully saturated rings. The minimum atomic E-state index is -2.97. The molecule has 2 unspecified atom stereocenters. The monoisotopic (exact) mass is 305 g/mol. The van der Waals surface area contributed by atoms with Crippen LogP contribution >= 0.6 is 0 Å². The molecule has 6 heteroatoms. The second kappa shape index (κ2) is 7.98. The van der Waals surface area contributed by atoms with Crippen LogP contribution in [0.4, 0.5) is 0 Å². The molecule has 2 atom stereocenters. The maximum atomic E-state index is 11.6. The van der Waals surface area contributed by atoms with E-state index < -0.39 is 15.8 Å². The fourth-order valence-corrected chi connectivity index (χ4v) is 4.61. The largest absolute Gasteiger partial charge is 0.480 e. The highest BCUT2D eigenvalue weighted by atomic mass is 32.2. The first-order chi connectivity index (χ1) is 9.35. The molecule has 1 aliphatic rings. The van der Waals surface area contributed by atoms with Crippen LogP contribution in [0.5, 0.6) is 0 Å². The van der Waals surface area contributed by atoms with Crippen LogP contribution in [0.25, 0.3) is 0 Å². The van der Waals surface area contributed by atoms with Crippen molar-refractivity contribution in [2.24, 2.45) is 0 Å². The lowest BCUT2D eigenvalue weighted by molar-refractivity contribution is -0.139. The predicted molar refractivity (Wildman–Crippen MR) is 79.6 cm³/mol. The van der Waals surface area contributed by atoms with Gasteiger partial charge in [-0.1, -0.05) is 32.6 Å².